The first-order valence-electron chi connectivity index (χ1n) is 7.29. The van der Waals surface area contributed by atoms with Crippen molar-refractivity contribution in [3.8, 4) is 0 Å². The molecule has 2 aliphatic heterocycles. The number of cyclic esters (lactones) is 1. The van der Waals surface area contributed by atoms with Gasteiger partial charge in [-0.25, -0.2) is 4.79 Å². The number of likely N-dealkylation sites (N-methyl/N-ethyl adjacent to an activating group) is 1. The molecule has 1 atom stereocenters. The van der Waals surface area contributed by atoms with E-state index in [2.05, 4.69) is 22.4 Å². The molecule has 1 fully saturated rings. The van der Waals surface area contributed by atoms with Gasteiger partial charge in [-0.3, -0.25) is 9.69 Å². The van der Waals surface area contributed by atoms with Gasteiger partial charge in [0.05, 0.1) is 13.1 Å². The summed E-state index contributed by atoms with van der Waals surface area (Å²) in [5.41, 5.74) is 3.05. The Balaban J connectivity index is 1.76. The number of nitrogens with zero attached hydrogens (tertiary/aromatic N) is 2. The van der Waals surface area contributed by atoms with Crippen LogP contribution in [0, 0.1) is 0 Å². The van der Waals surface area contributed by atoms with Crippen LogP contribution in [0.4, 0.5) is 16.2 Å². The molecular formula is C16H19N3O3. The van der Waals surface area contributed by atoms with E-state index in [1.54, 1.807) is 4.90 Å². The number of carbonyl (C=O) groups is 2. The number of anilines is 2. The second-order valence-electron chi connectivity index (χ2n) is 5.58. The molecule has 116 valence electrons. The van der Waals surface area contributed by atoms with E-state index < -0.39 is 0 Å². The molecule has 0 bridgehead atoms. The normalized spacial score (nSPS) is 19.9. The van der Waals surface area contributed by atoms with E-state index in [9.17, 15) is 9.59 Å². The molecule has 1 aromatic rings. The molecule has 6 heteroatoms. The van der Waals surface area contributed by atoms with Crippen molar-refractivity contribution in [2.45, 2.75) is 13.0 Å². The molecule has 1 N–H and O–H groups in total. The molecule has 2 heterocycles. The summed E-state index contributed by atoms with van der Waals surface area (Å²) in [6, 6.07) is 5.93. The number of ether oxygens (including phenoxy) is 1. The first-order valence-corrected chi connectivity index (χ1v) is 7.29. The average Bonchev–Trinajstić information content (AvgIpc) is 2.86. The van der Waals surface area contributed by atoms with Gasteiger partial charge in [0.1, 0.15) is 6.10 Å². The zero-order valence-corrected chi connectivity index (χ0v) is 12.7. The Kier molecular flexibility index (Phi) is 3.75. The Labute approximate surface area is 129 Å². The monoisotopic (exact) mass is 301 g/mol. The van der Waals surface area contributed by atoms with Crippen molar-refractivity contribution in [3.05, 3.63) is 29.8 Å². The third-order valence-electron chi connectivity index (χ3n) is 3.86. The second-order valence-corrected chi connectivity index (χ2v) is 5.58. The minimum Gasteiger partial charge on any atom is -0.442 e. The molecule has 1 aromatic carbocycles. The second kappa shape index (κ2) is 5.71. The highest BCUT2D eigenvalue weighted by molar-refractivity contribution is 5.91. The lowest BCUT2D eigenvalue weighted by molar-refractivity contribution is -0.119. The summed E-state index contributed by atoms with van der Waals surface area (Å²) in [6.45, 7) is 3.11. The van der Waals surface area contributed by atoms with E-state index in [-0.39, 0.29) is 18.1 Å². The van der Waals surface area contributed by atoms with Gasteiger partial charge >= 0.3 is 6.09 Å². The molecule has 0 unspecified atom stereocenters. The number of carbonyl (C=O) groups excluding carboxylic acids is 2. The van der Waals surface area contributed by atoms with Crippen LogP contribution in [0.5, 0.6) is 0 Å². The van der Waals surface area contributed by atoms with E-state index in [1.165, 1.54) is 6.92 Å². The number of amides is 2. The molecular weight excluding hydrogens is 282 g/mol. The lowest BCUT2D eigenvalue weighted by Crippen LogP contribution is -2.33. The molecule has 0 radical (unpaired) electrons. The highest BCUT2D eigenvalue weighted by atomic mass is 16.6. The zero-order chi connectivity index (χ0) is 15.7. The van der Waals surface area contributed by atoms with Crippen molar-refractivity contribution >= 4 is 29.5 Å². The van der Waals surface area contributed by atoms with Crippen LogP contribution in [-0.2, 0) is 9.53 Å². The first-order chi connectivity index (χ1) is 10.5. The Morgan fingerprint density at radius 1 is 1.45 bits per heavy atom. The van der Waals surface area contributed by atoms with Crippen LogP contribution in [0.25, 0.3) is 6.08 Å². The van der Waals surface area contributed by atoms with Crippen LogP contribution in [0.15, 0.2) is 24.3 Å². The van der Waals surface area contributed by atoms with E-state index >= 15 is 0 Å². The van der Waals surface area contributed by atoms with E-state index in [0.29, 0.717) is 13.1 Å². The summed E-state index contributed by atoms with van der Waals surface area (Å²) < 4.78 is 5.29. The fraction of sp³-hybridized carbons (Fsp3) is 0.375. The smallest absolute Gasteiger partial charge is 0.414 e. The maximum atomic E-state index is 12.0. The van der Waals surface area contributed by atoms with Crippen molar-refractivity contribution in [1.29, 1.82) is 0 Å². The molecule has 3 rings (SSSR count). The molecule has 22 heavy (non-hydrogen) atoms. The summed E-state index contributed by atoms with van der Waals surface area (Å²) in [6.07, 6.45) is 3.47. The standard InChI is InChI=1S/C16H19N3O3/c1-11(20)17-9-14-10-19(16(21)22-14)13-5-6-15-12(8-13)4-3-7-18(15)2/h3-6,8,14H,7,9-10H2,1-2H3,(H,17,20)/t14-/m0/s1. The number of nitrogens with one attached hydrogen (secondary N) is 1. The van der Waals surface area contributed by atoms with E-state index in [0.717, 1.165) is 23.5 Å². The Hall–Kier alpha value is -2.50. The molecule has 6 nitrogen and oxygen atoms in total. The third kappa shape index (κ3) is 2.77. The highest BCUT2D eigenvalue weighted by Crippen LogP contribution is 2.31. The Morgan fingerprint density at radius 2 is 2.27 bits per heavy atom. The number of hydrogen-bond donors (Lipinski definition) is 1. The van der Waals surface area contributed by atoms with Crippen molar-refractivity contribution in [2.24, 2.45) is 0 Å². The SMILES string of the molecule is CC(=O)NC[C@H]1CN(c2ccc3c(c2)C=CCN3C)C(=O)O1. The zero-order valence-electron chi connectivity index (χ0n) is 12.7. The number of fused-ring (bicyclic) bond motifs is 1. The molecule has 0 aromatic heterocycles. The first kappa shape index (κ1) is 14.4. The summed E-state index contributed by atoms with van der Waals surface area (Å²) in [5, 5.41) is 2.68. The maximum absolute atomic E-state index is 12.0. The minimum atomic E-state index is -0.372. The van der Waals surface area contributed by atoms with E-state index in [4.69, 9.17) is 4.74 Å². The molecule has 2 aliphatic rings. The van der Waals surface area contributed by atoms with Crippen molar-refractivity contribution in [3.63, 3.8) is 0 Å². The lowest BCUT2D eigenvalue weighted by atomic mass is 10.1. The molecule has 1 saturated heterocycles. The lowest BCUT2D eigenvalue weighted by Gasteiger charge is -2.25. The molecule has 0 spiro atoms. The van der Waals surface area contributed by atoms with Gasteiger partial charge in [0.2, 0.25) is 5.91 Å². The molecule has 2 amide bonds. The van der Waals surface area contributed by atoms with Gasteiger partial charge in [-0.05, 0) is 23.8 Å². The third-order valence-corrected chi connectivity index (χ3v) is 3.86. The minimum absolute atomic E-state index is 0.128. The van der Waals surface area contributed by atoms with Gasteiger partial charge in [0.15, 0.2) is 0 Å². The maximum Gasteiger partial charge on any atom is 0.414 e. The van der Waals surface area contributed by atoms with Crippen LogP contribution in [0.2, 0.25) is 0 Å². The predicted octanol–water partition coefficient (Wildman–Crippen LogP) is 1.61. The summed E-state index contributed by atoms with van der Waals surface area (Å²) in [5.74, 6) is -0.128. The summed E-state index contributed by atoms with van der Waals surface area (Å²) >= 11 is 0. The van der Waals surface area contributed by atoms with Crippen LogP contribution < -0.4 is 15.1 Å². The van der Waals surface area contributed by atoms with Crippen molar-refractivity contribution in [1.82, 2.24) is 5.32 Å². The van der Waals surface area contributed by atoms with Crippen LogP contribution >= 0.6 is 0 Å². The van der Waals surface area contributed by atoms with Gasteiger partial charge in [-0.2, -0.15) is 0 Å². The van der Waals surface area contributed by atoms with Gasteiger partial charge < -0.3 is 15.0 Å². The number of rotatable bonds is 3. The topological polar surface area (TPSA) is 61.9 Å². The Morgan fingerprint density at radius 3 is 3.05 bits per heavy atom. The van der Waals surface area contributed by atoms with Gasteiger partial charge in [-0.15, -0.1) is 0 Å². The van der Waals surface area contributed by atoms with E-state index in [1.807, 2.05) is 25.2 Å². The van der Waals surface area contributed by atoms with Crippen LogP contribution in [0.1, 0.15) is 12.5 Å². The van der Waals surface area contributed by atoms with Crippen LogP contribution in [0.3, 0.4) is 0 Å². The molecule has 0 aliphatic carbocycles. The van der Waals surface area contributed by atoms with Crippen molar-refractivity contribution < 1.29 is 14.3 Å². The van der Waals surface area contributed by atoms with Gasteiger partial charge in [0.25, 0.3) is 0 Å². The number of benzene rings is 1. The molecule has 0 saturated carbocycles. The number of hydrogen-bond acceptors (Lipinski definition) is 4. The summed E-state index contributed by atoms with van der Waals surface area (Å²) in [4.78, 5) is 26.7. The van der Waals surface area contributed by atoms with Crippen molar-refractivity contribution in [2.75, 3.05) is 36.5 Å². The highest BCUT2D eigenvalue weighted by Gasteiger charge is 2.32. The summed E-state index contributed by atoms with van der Waals surface area (Å²) in [7, 11) is 2.04. The Bertz CT molecular complexity index is 642. The largest absolute Gasteiger partial charge is 0.442 e. The van der Waals surface area contributed by atoms with Gasteiger partial charge in [0, 0.05) is 31.9 Å². The van der Waals surface area contributed by atoms with Gasteiger partial charge in [-0.1, -0.05) is 12.2 Å². The fourth-order valence-corrected chi connectivity index (χ4v) is 2.72. The van der Waals surface area contributed by atoms with Crippen LogP contribution in [-0.4, -0.2) is 44.8 Å². The predicted molar refractivity (Wildman–Crippen MR) is 85.0 cm³/mol. The fourth-order valence-electron chi connectivity index (χ4n) is 2.72. The average molecular weight is 301 g/mol. The quantitative estimate of drug-likeness (QED) is 0.921.